The van der Waals surface area contributed by atoms with E-state index in [4.69, 9.17) is 24.2 Å². The Morgan fingerprint density at radius 2 is 1.68 bits per heavy atom. The zero-order valence-electron chi connectivity index (χ0n) is 15.6. The van der Waals surface area contributed by atoms with E-state index >= 15 is 0 Å². The molecule has 0 N–H and O–H groups in total. The van der Waals surface area contributed by atoms with Gasteiger partial charge in [0.25, 0.3) is 0 Å². The molecule has 0 aromatic heterocycles. The van der Waals surface area contributed by atoms with Gasteiger partial charge < -0.3 is 18.9 Å². The molecule has 144 valence electrons. The Balaban J connectivity index is 2.17. The maximum atomic E-state index is 12.2. The Morgan fingerprint density at radius 1 is 0.964 bits per heavy atom. The number of halogens is 1. The molecular formula is C21H18BrNO5. The van der Waals surface area contributed by atoms with Crippen molar-refractivity contribution in [2.45, 2.75) is 0 Å². The summed E-state index contributed by atoms with van der Waals surface area (Å²) in [4.78, 5) is 12.2. The number of hydrogen-bond acceptors (Lipinski definition) is 6. The highest BCUT2D eigenvalue weighted by Crippen LogP contribution is 2.36. The largest absolute Gasteiger partial charge is 0.493 e. The molecule has 2 rings (SSSR count). The molecule has 0 aliphatic carbocycles. The van der Waals surface area contributed by atoms with Crippen LogP contribution < -0.4 is 18.9 Å². The lowest BCUT2D eigenvalue weighted by Crippen LogP contribution is -2.05. The van der Waals surface area contributed by atoms with Gasteiger partial charge in [-0.15, -0.1) is 0 Å². The second kappa shape index (κ2) is 10.2. The summed E-state index contributed by atoms with van der Waals surface area (Å²) < 4.78 is 21.8. The molecule has 2 aromatic rings. The number of carbonyl (C=O) groups is 1. The van der Waals surface area contributed by atoms with E-state index in [1.807, 2.05) is 6.07 Å². The molecule has 0 amide bonds. The first-order valence-corrected chi connectivity index (χ1v) is 8.87. The maximum absolute atomic E-state index is 12.2. The van der Waals surface area contributed by atoms with Gasteiger partial charge in [0.15, 0.2) is 23.0 Å². The summed E-state index contributed by atoms with van der Waals surface area (Å²) in [6.07, 6.45) is 5.88. The van der Waals surface area contributed by atoms with Gasteiger partial charge in [-0.25, -0.2) is 4.79 Å². The maximum Gasteiger partial charge on any atom is 0.336 e. The summed E-state index contributed by atoms with van der Waals surface area (Å²) in [5.41, 5.74) is 1.48. The second-order valence-electron chi connectivity index (χ2n) is 5.37. The minimum atomic E-state index is -0.565. The van der Waals surface area contributed by atoms with Crippen LogP contribution in [-0.2, 0) is 4.79 Å². The summed E-state index contributed by atoms with van der Waals surface area (Å²) in [7, 11) is 4.56. The standard InChI is InChI=1S/C21H18BrNO5/c1-25-18-12-14(5-4-10-23)6-8-17(18)28-20(24)9-7-15-11-16(22)21(27-3)19(13-15)26-2/h4-9,11-13H,1-3H3/b5-4-,9-7+. The summed E-state index contributed by atoms with van der Waals surface area (Å²) in [6, 6.07) is 10.4. The highest BCUT2D eigenvalue weighted by Gasteiger charge is 2.11. The lowest BCUT2D eigenvalue weighted by Gasteiger charge is -2.10. The molecular weight excluding hydrogens is 426 g/mol. The Morgan fingerprint density at radius 3 is 2.32 bits per heavy atom. The Labute approximate surface area is 171 Å². The first kappa shape index (κ1) is 21.1. The third-order valence-electron chi connectivity index (χ3n) is 3.62. The van der Waals surface area contributed by atoms with E-state index in [9.17, 15) is 4.79 Å². The van der Waals surface area contributed by atoms with Crippen molar-refractivity contribution in [1.29, 1.82) is 5.26 Å². The summed E-state index contributed by atoms with van der Waals surface area (Å²) in [5, 5.41) is 8.60. The molecule has 2 aromatic carbocycles. The predicted molar refractivity (Wildman–Crippen MR) is 110 cm³/mol. The highest BCUT2D eigenvalue weighted by molar-refractivity contribution is 9.10. The van der Waals surface area contributed by atoms with Crippen LogP contribution in [0.25, 0.3) is 12.2 Å². The highest BCUT2D eigenvalue weighted by atomic mass is 79.9. The third kappa shape index (κ3) is 5.38. The zero-order chi connectivity index (χ0) is 20.5. The van der Waals surface area contributed by atoms with Crippen molar-refractivity contribution in [3.8, 4) is 29.1 Å². The van der Waals surface area contributed by atoms with Crippen molar-refractivity contribution in [2.75, 3.05) is 21.3 Å². The summed E-state index contributed by atoms with van der Waals surface area (Å²) in [6.45, 7) is 0. The zero-order valence-corrected chi connectivity index (χ0v) is 17.1. The van der Waals surface area contributed by atoms with E-state index in [-0.39, 0.29) is 5.75 Å². The smallest absolute Gasteiger partial charge is 0.336 e. The Kier molecular flexibility index (Phi) is 7.66. The van der Waals surface area contributed by atoms with Crippen molar-refractivity contribution >= 4 is 34.1 Å². The number of hydrogen-bond donors (Lipinski definition) is 0. The van der Waals surface area contributed by atoms with Gasteiger partial charge in [0.1, 0.15) is 0 Å². The van der Waals surface area contributed by atoms with Crippen molar-refractivity contribution in [3.05, 3.63) is 58.1 Å². The van der Waals surface area contributed by atoms with Crippen LogP contribution in [-0.4, -0.2) is 27.3 Å². The molecule has 0 fully saturated rings. The quantitative estimate of drug-likeness (QED) is 0.268. The number of ether oxygens (including phenoxy) is 4. The summed E-state index contributed by atoms with van der Waals surface area (Å²) in [5.74, 6) is 1.20. The molecule has 0 saturated heterocycles. The van der Waals surface area contributed by atoms with E-state index < -0.39 is 5.97 Å². The number of methoxy groups -OCH3 is 3. The number of carbonyl (C=O) groups excluding carboxylic acids is 1. The van der Waals surface area contributed by atoms with Gasteiger partial charge in [0.05, 0.1) is 31.9 Å². The van der Waals surface area contributed by atoms with E-state index in [0.717, 1.165) is 11.1 Å². The molecule has 0 saturated carbocycles. The molecule has 0 aliphatic heterocycles. The van der Waals surface area contributed by atoms with Gasteiger partial charge >= 0.3 is 5.97 Å². The van der Waals surface area contributed by atoms with Gasteiger partial charge in [0, 0.05) is 12.2 Å². The average molecular weight is 444 g/mol. The monoisotopic (exact) mass is 443 g/mol. The first-order chi connectivity index (χ1) is 13.5. The van der Waals surface area contributed by atoms with Gasteiger partial charge in [-0.2, -0.15) is 5.26 Å². The molecule has 7 heteroatoms. The van der Waals surface area contributed by atoms with Crippen LogP contribution in [0.5, 0.6) is 23.0 Å². The van der Waals surface area contributed by atoms with Crippen LogP contribution in [0.15, 0.2) is 47.0 Å². The number of esters is 1. The minimum absolute atomic E-state index is 0.278. The van der Waals surface area contributed by atoms with Crippen molar-refractivity contribution in [3.63, 3.8) is 0 Å². The van der Waals surface area contributed by atoms with Gasteiger partial charge in [-0.1, -0.05) is 6.07 Å². The number of allylic oxidation sites excluding steroid dienone is 1. The van der Waals surface area contributed by atoms with Crippen LogP contribution in [0.2, 0.25) is 0 Å². The fraction of sp³-hybridized carbons (Fsp3) is 0.143. The van der Waals surface area contributed by atoms with Crippen LogP contribution >= 0.6 is 15.9 Å². The number of nitrogens with zero attached hydrogens (tertiary/aromatic N) is 1. The molecule has 0 radical (unpaired) electrons. The Bertz CT molecular complexity index is 960. The van der Waals surface area contributed by atoms with Crippen LogP contribution in [0, 0.1) is 11.3 Å². The average Bonchev–Trinajstić information content (AvgIpc) is 2.70. The fourth-order valence-electron chi connectivity index (χ4n) is 2.35. The number of nitriles is 1. The van der Waals surface area contributed by atoms with Gasteiger partial charge in [0.2, 0.25) is 0 Å². The number of rotatable bonds is 7. The lowest BCUT2D eigenvalue weighted by molar-refractivity contribution is -0.129. The normalized spacial score (nSPS) is 10.7. The number of benzene rings is 2. The molecule has 0 spiro atoms. The van der Waals surface area contributed by atoms with E-state index in [1.54, 1.807) is 49.6 Å². The van der Waals surface area contributed by atoms with Crippen LogP contribution in [0.3, 0.4) is 0 Å². The van der Waals surface area contributed by atoms with Crippen LogP contribution in [0.4, 0.5) is 0 Å². The van der Waals surface area contributed by atoms with Crippen LogP contribution in [0.1, 0.15) is 11.1 Å². The van der Waals surface area contributed by atoms with Crippen molar-refractivity contribution < 1.29 is 23.7 Å². The SMILES string of the molecule is COc1cc(/C=C\C#N)ccc1OC(=O)/C=C/c1cc(Br)c(OC)c(OC)c1. The second-order valence-corrected chi connectivity index (χ2v) is 6.22. The minimum Gasteiger partial charge on any atom is -0.493 e. The van der Waals surface area contributed by atoms with Crippen molar-refractivity contribution in [1.82, 2.24) is 0 Å². The van der Waals surface area contributed by atoms with Gasteiger partial charge in [-0.05, 0) is 63.5 Å². The predicted octanol–water partition coefficient (Wildman–Crippen LogP) is 4.63. The fourth-order valence-corrected chi connectivity index (χ4v) is 2.97. The molecule has 0 bridgehead atoms. The first-order valence-electron chi connectivity index (χ1n) is 8.08. The molecule has 0 heterocycles. The molecule has 28 heavy (non-hydrogen) atoms. The van der Waals surface area contributed by atoms with E-state index in [2.05, 4.69) is 15.9 Å². The topological polar surface area (TPSA) is 77.8 Å². The molecule has 0 atom stereocenters. The van der Waals surface area contributed by atoms with E-state index in [0.29, 0.717) is 21.7 Å². The summed E-state index contributed by atoms with van der Waals surface area (Å²) >= 11 is 3.41. The van der Waals surface area contributed by atoms with E-state index in [1.165, 1.54) is 26.4 Å². The van der Waals surface area contributed by atoms with Crippen molar-refractivity contribution in [2.24, 2.45) is 0 Å². The molecule has 0 unspecified atom stereocenters. The lowest BCUT2D eigenvalue weighted by atomic mass is 10.2. The third-order valence-corrected chi connectivity index (χ3v) is 4.21. The molecule has 0 aliphatic rings. The Hall–Kier alpha value is -3.24. The molecule has 6 nitrogen and oxygen atoms in total. The van der Waals surface area contributed by atoms with Gasteiger partial charge in [-0.3, -0.25) is 0 Å².